The maximum atomic E-state index is 13.4. The molecule has 2 rings (SSSR count). The zero-order valence-corrected chi connectivity index (χ0v) is 13.5. The quantitative estimate of drug-likeness (QED) is 0.661. The van der Waals surface area contributed by atoms with Crippen LogP contribution in [0.5, 0.6) is 0 Å². The molecule has 1 aromatic rings. The lowest BCUT2D eigenvalue weighted by atomic mass is 10.00. The monoisotopic (exact) mass is 358 g/mol. The lowest BCUT2D eigenvalue weighted by Crippen LogP contribution is -2.46. The normalized spacial score (nSPS) is 15.7. The second kappa shape index (κ2) is 7.16. The molecule has 0 aliphatic heterocycles. The molecule has 23 heavy (non-hydrogen) atoms. The first-order valence-corrected chi connectivity index (χ1v) is 7.66. The van der Waals surface area contributed by atoms with E-state index in [0.29, 0.717) is 12.8 Å². The molecule has 0 heterocycles. The summed E-state index contributed by atoms with van der Waals surface area (Å²) in [5, 5.41) is 11.4. The fourth-order valence-corrected chi connectivity index (χ4v) is 2.89. The van der Waals surface area contributed by atoms with Gasteiger partial charge in [0.05, 0.1) is 21.7 Å². The molecule has 1 aliphatic carbocycles. The van der Waals surface area contributed by atoms with E-state index in [1.54, 1.807) is 0 Å². The van der Waals surface area contributed by atoms with Gasteiger partial charge in [0, 0.05) is 0 Å². The smallest absolute Gasteiger partial charge is 0.340 e. The molecule has 1 aliphatic rings. The van der Waals surface area contributed by atoms with Crippen LogP contribution < -0.4 is 5.32 Å². The number of nitriles is 1. The molecule has 1 saturated carbocycles. The third kappa shape index (κ3) is 4.12. The number of hydrogen-bond acceptors (Lipinski definition) is 4. The predicted octanol–water partition coefficient (Wildman–Crippen LogP) is 3.24. The summed E-state index contributed by atoms with van der Waals surface area (Å²) in [6.45, 7) is -0.581. The van der Waals surface area contributed by atoms with Gasteiger partial charge in [-0.15, -0.1) is 0 Å². The number of amides is 1. The SMILES string of the molecule is N#CC1(NC(=O)COC(=O)c2cc(F)c(Cl)cc2Cl)CCCC1. The highest BCUT2D eigenvalue weighted by atomic mass is 35.5. The Balaban J connectivity index is 1.95. The molecule has 8 heteroatoms. The molecule has 0 bridgehead atoms. The molecule has 0 spiro atoms. The second-order valence-corrected chi connectivity index (χ2v) is 6.09. The average molecular weight is 359 g/mol. The molecule has 0 unspecified atom stereocenters. The van der Waals surface area contributed by atoms with Gasteiger partial charge in [-0.25, -0.2) is 9.18 Å². The number of hydrogen-bond donors (Lipinski definition) is 1. The van der Waals surface area contributed by atoms with Crippen molar-refractivity contribution in [2.75, 3.05) is 6.61 Å². The fourth-order valence-electron chi connectivity index (χ4n) is 2.43. The minimum absolute atomic E-state index is 0.0777. The van der Waals surface area contributed by atoms with Crippen LogP contribution >= 0.6 is 23.2 Å². The van der Waals surface area contributed by atoms with E-state index in [4.69, 9.17) is 33.2 Å². The lowest BCUT2D eigenvalue weighted by molar-refractivity contribution is -0.125. The number of rotatable bonds is 4. The highest BCUT2D eigenvalue weighted by Crippen LogP contribution is 2.29. The van der Waals surface area contributed by atoms with Crippen molar-refractivity contribution in [3.8, 4) is 6.07 Å². The number of carbonyl (C=O) groups is 2. The first-order valence-electron chi connectivity index (χ1n) is 6.91. The Morgan fingerprint density at radius 3 is 2.57 bits per heavy atom. The van der Waals surface area contributed by atoms with Crippen molar-refractivity contribution in [2.45, 2.75) is 31.2 Å². The Morgan fingerprint density at radius 2 is 1.96 bits per heavy atom. The lowest BCUT2D eigenvalue weighted by Gasteiger charge is -2.21. The Bertz CT molecular complexity index is 682. The highest BCUT2D eigenvalue weighted by Gasteiger charge is 2.35. The molecule has 5 nitrogen and oxygen atoms in total. The predicted molar refractivity (Wildman–Crippen MR) is 81.7 cm³/mol. The van der Waals surface area contributed by atoms with E-state index in [1.165, 1.54) is 0 Å². The van der Waals surface area contributed by atoms with Crippen molar-refractivity contribution in [1.29, 1.82) is 5.26 Å². The van der Waals surface area contributed by atoms with Gasteiger partial charge in [0.25, 0.3) is 5.91 Å². The van der Waals surface area contributed by atoms with Crippen molar-refractivity contribution >= 4 is 35.1 Å². The Labute approximate surface area is 142 Å². The van der Waals surface area contributed by atoms with Crippen LogP contribution in [0.2, 0.25) is 10.0 Å². The molecule has 122 valence electrons. The van der Waals surface area contributed by atoms with Gasteiger partial charge in [-0.05, 0) is 37.8 Å². The summed E-state index contributed by atoms with van der Waals surface area (Å²) in [6, 6.07) is 4.02. The van der Waals surface area contributed by atoms with E-state index in [1.807, 2.05) is 0 Å². The summed E-state index contributed by atoms with van der Waals surface area (Å²) >= 11 is 11.3. The van der Waals surface area contributed by atoms with E-state index in [2.05, 4.69) is 11.4 Å². The van der Waals surface area contributed by atoms with Crippen molar-refractivity contribution in [3.63, 3.8) is 0 Å². The molecule has 1 fully saturated rings. The minimum Gasteiger partial charge on any atom is -0.452 e. The van der Waals surface area contributed by atoms with Gasteiger partial charge in [-0.2, -0.15) is 5.26 Å². The van der Waals surface area contributed by atoms with Crippen molar-refractivity contribution in [1.82, 2.24) is 5.32 Å². The Hall–Kier alpha value is -1.84. The first-order chi connectivity index (χ1) is 10.9. The van der Waals surface area contributed by atoms with E-state index in [-0.39, 0.29) is 15.6 Å². The van der Waals surface area contributed by atoms with Gasteiger partial charge in [0.2, 0.25) is 0 Å². The number of esters is 1. The van der Waals surface area contributed by atoms with Crippen LogP contribution in [0.1, 0.15) is 36.0 Å². The van der Waals surface area contributed by atoms with Crippen molar-refractivity contribution < 1.29 is 18.7 Å². The zero-order chi connectivity index (χ0) is 17.0. The summed E-state index contributed by atoms with van der Waals surface area (Å²) in [4.78, 5) is 23.7. The standard InChI is InChI=1S/C15H13Cl2FN2O3/c16-10-6-11(17)12(18)5-9(10)14(22)23-7-13(21)20-15(8-19)3-1-2-4-15/h5-6H,1-4,7H2,(H,20,21). The third-order valence-corrected chi connectivity index (χ3v) is 4.22. The average Bonchev–Trinajstić information content (AvgIpc) is 2.97. The van der Waals surface area contributed by atoms with Gasteiger partial charge in [0.15, 0.2) is 6.61 Å². The molecule has 0 radical (unpaired) electrons. The number of carbonyl (C=O) groups excluding carboxylic acids is 2. The molecule has 1 amide bonds. The summed E-state index contributed by atoms with van der Waals surface area (Å²) < 4.78 is 18.2. The summed E-state index contributed by atoms with van der Waals surface area (Å²) in [5.74, 6) is -2.35. The molecular weight excluding hydrogens is 346 g/mol. The van der Waals surface area contributed by atoms with Crippen LogP contribution in [0.4, 0.5) is 4.39 Å². The molecule has 1 aromatic carbocycles. The van der Waals surface area contributed by atoms with Crippen molar-refractivity contribution in [3.05, 3.63) is 33.6 Å². The number of benzene rings is 1. The van der Waals surface area contributed by atoms with Crippen LogP contribution in [0.3, 0.4) is 0 Å². The first kappa shape index (κ1) is 17.5. The second-order valence-electron chi connectivity index (χ2n) is 5.27. The van der Waals surface area contributed by atoms with Crippen LogP contribution in [0.25, 0.3) is 0 Å². The van der Waals surface area contributed by atoms with Crippen LogP contribution in [-0.2, 0) is 9.53 Å². The number of nitrogens with one attached hydrogen (secondary N) is 1. The van der Waals surface area contributed by atoms with E-state index < -0.39 is 29.8 Å². The maximum absolute atomic E-state index is 13.4. The van der Waals surface area contributed by atoms with E-state index >= 15 is 0 Å². The summed E-state index contributed by atoms with van der Waals surface area (Å²) in [7, 11) is 0. The summed E-state index contributed by atoms with van der Waals surface area (Å²) in [5.41, 5.74) is -1.12. The van der Waals surface area contributed by atoms with Gasteiger partial charge in [-0.1, -0.05) is 23.2 Å². The van der Waals surface area contributed by atoms with Gasteiger partial charge < -0.3 is 10.1 Å². The molecule has 1 N–H and O–H groups in total. The fraction of sp³-hybridized carbons (Fsp3) is 0.400. The number of halogens is 3. The molecule has 0 saturated heterocycles. The van der Waals surface area contributed by atoms with E-state index in [0.717, 1.165) is 25.0 Å². The minimum atomic E-state index is -0.946. The Kier molecular flexibility index (Phi) is 5.45. The van der Waals surface area contributed by atoms with Gasteiger partial charge in [0.1, 0.15) is 11.4 Å². The topological polar surface area (TPSA) is 79.2 Å². The Morgan fingerprint density at radius 1 is 1.30 bits per heavy atom. The highest BCUT2D eigenvalue weighted by molar-refractivity contribution is 6.36. The molecule has 0 atom stereocenters. The van der Waals surface area contributed by atoms with Crippen LogP contribution in [-0.4, -0.2) is 24.0 Å². The van der Waals surface area contributed by atoms with Gasteiger partial charge >= 0.3 is 5.97 Å². The summed E-state index contributed by atoms with van der Waals surface area (Å²) in [6.07, 6.45) is 2.84. The largest absolute Gasteiger partial charge is 0.452 e. The third-order valence-electron chi connectivity index (χ3n) is 3.61. The molecule has 0 aromatic heterocycles. The van der Waals surface area contributed by atoms with Gasteiger partial charge in [-0.3, -0.25) is 4.79 Å². The van der Waals surface area contributed by atoms with Crippen LogP contribution in [0.15, 0.2) is 12.1 Å². The van der Waals surface area contributed by atoms with Crippen molar-refractivity contribution in [2.24, 2.45) is 0 Å². The number of nitrogens with zero attached hydrogens (tertiary/aromatic N) is 1. The zero-order valence-electron chi connectivity index (χ0n) is 12.0. The number of ether oxygens (including phenoxy) is 1. The van der Waals surface area contributed by atoms with Crippen LogP contribution in [0, 0.1) is 17.1 Å². The molecular formula is C15H13Cl2FN2O3. The maximum Gasteiger partial charge on any atom is 0.340 e. The van der Waals surface area contributed by atoms with E-state index in [9.17, 15) is 14.0 Å².